The number of amides is 1. The van der Waals surface area contributed by atoms with Gasteiger partial charge in [0.2, 0.25) is 5.91 Å². The predicted octanol–water partition coefficient (Wildman–Crippen LogP) is 4.77. The van der Waals surface area contributed by atoms with Crippen molar-refractivity contribution in [3.8, 4) is 11.3 Å². The lowest BCUT2D eigenvalue weighted by Crippen LogP contribution is -2.25. The molecule has 1 aliphatic heterocycles. The topological polar surface area (TPSA) is 58.1 Å². The molecule has 1 N–H and O–H groups in total. The fraction of sp³-hybridized carbons (Fsp3) is 0.318. The number of hydrogen-bond donors (Lipinski definition) is 1. The fourth-order valence-corrected chi connectivity index (χ4v) is 4.18. The van der Waals surface area contributed by atoms with Crippen molar-refractivity contribution in [2.45, 2.75) is 32.1 Å². The van der Waals surface area contributed by atoms with E-state index in [1.165, 1.54) is 25.7 Å². The van der Waals surface area contributed by atoms with Crippen LogP contribution in [0.2, 0.25) is 0 Å². The van der Waals surface area contributed by atoms with E-state index in [1.807, 2.05) is 47.8 Å². The molecule has 0 atom stereocenters. The molecule has 1 aromatic carbocycles. The van der Waals surface area contributed by atoms with Gasteiger partial charge in [-0.05, 0) is 48.6 Å². The first-order chi connectivity index (χ1) is 13.8. The Kier molecular flexibility index (Phi) is 5.97. The summed E-state index contributed by atoms with van der Waals surface area (Å²) in [5.74, 6) is 0.938. The fourth-order valence-electron chi connectivity index (χ4n) is 3.48. The highest BCUT2D eigenvalue weighted by Crippen LogP contribution is 2.23. The van der Waals surface area contributed by atoms with Gasteiger partial charge in [0.1, 0.15) is 0 Å². The first-order valence-electron chi connectivity index (χ1n) is 9.79. The molecule has 1 fully saturated rings. The minimum Gasteiger partial charge on any atom is -0.355 e. The van der Waals surface area contributed by atoms with Gasteiger partial charge in [-0.1, -0.05) is 31.0 Å². The zero-order chi connectivity index (χ0) is 19.2. The molecule has 1 aliphatic rings. The van der Waals surface area contributed by atoms with E-state index in [9.17, 15) is 4.79 Å². The molecular formula is C22H24N4OS. The molecule has 6 heteroatoms. The Hall–Kier alpha value is -2.73. The maximum absolute atomic E-state index is 12.2. The lowest BCUT2D eigenvalue weighted by atomic mass is 10.1. The zero-order valence-corrected chi connectivity index (χ0v) is 16.6. The minimum atomic E-state index is -0.0119. The third-order valence-electron chi connectivity index (χ3n) is 4.94. The summed E-state index contributed by atoms with van der Waals surface area (Å²) in [5, 5.41) is 13.8. The molecule has 0 spiro atoms. The molecule has 1 saturated heterocycles. The van der Waals surface area contributed by atoms with Crippen LogP contribution in [0, 0.1) is 0 Å². The summed E-state index contributed by atoms with van der Waals surface area (Å²) >= 11 is 1.59. The van der Waals surface area contributed by atoms with Gasteiger partial charge in [0.05, 0.1) is 12.1 Å². The van der Waals surface area contributed by atoms with Crippen LogP contribution < -0.4 is 10.2 Å². The lowest BCUT2D eigenvalue weighted by molar-refractivity contribution is -0.115. The molecule has 3 heterocycles. The van der Waals surface area contributed by atoms with Crippen molar-refractivity contribution in [3.05, 3.63) is 58.8 Å². The number of aromatic nitrogens is 2. The van der Waals surface area contributed by atoms with Crippen molar-refractivity contribution in [1.29, 1.82) is 0 Å². The van der Waals surface area contributed by atoms with Gasteiger partial charge in [-0.2, -0.15) is 0 Å². The quantitative estimate of drug-likeness (QED) is 0.680. The second-order valence-electron chi connectivity index (χ2n) is 7.06. The largest absolute Gasteiger partial charge is 0.355 e. The number of rotatable bonds is 5. The first kappa shape index (κ1) is 18.6. The smallest absolute Gasteiger partial charge is 0.229 e. The molecule has 144 valence electrons. The first-order valence-corrected chi connectivity index (χ1v) is 10.7. The Bertz CT molecular complexity index is 901. The van der Waals surface area contributed by atoms with E-state index in [1.54, 1.807) is 11.3 Å². The maximum Gasteiger partial charge on any atom is 0.229 e. The van der Waals surface area contributed by atoms with Gasteiger partial charge in [0, 0.05) is 29.2 Å². The van der Waals surface area contributed by atoms with Gasteiger partial charge < -0.3 is 10.2 Å². The van der Waals surface area contributed by atoms with Crippen LogP contribution in [-0.2, 0) is 11.2 Å². The van der Waals surface area contributed by atoms with Gasteiger partial charge in [0.25, 0.3) is 0 Å². The molecule has 0 bridgehead atoms. The third-order valence-corrected chi connectivity index (χ3v) is 5.81. The van der Waals surface area contributed by atoms with Crippen molar-refractivity contribution in [1.82, 2.24) is 10.2 Å². The molecule has 0 aliphatic carbocycles. The van der Waals surface area contributed by atoms with E-state index in [-0.39, 0.29) is 5.91 Å². The van der Waals surface area contributed by atoms with Gasteiger partial charge >= 0.3 is 0 Å². The monoisotopic (exact) mass is 392 g/mol. The van der Waals surface area contributed by atoms with E-state index in [2.05, 4.69) is 26.5 Å². The number of nitrogens with one attached hydrogen (secondary N) is 1. The van der Waals surface area contributed by atoms with E-state index in [4.69, 9.17) is 0 Å². The summed E-state index contributed by atoms with van der Waals surface area (Å²) in [4.78, 5) is 15.6. The molecule has 3 aromatic rings. The zero-order valence-electron chi connectivity index (χ0n) is 15.8. The van der Waals surface area contributed by atoms with Crippen LogP contribution in [0.3, 0.4) is 0 Å². The Labute approximate surface area is 169 Å². The molecule has 4 rings (SSSR count). The highest BCUT2D eigenvalue weighted by atomic mass is 32.1. The molecule has 28 heavy (non-hydrogen) atoms. The van der Waals surface area contributed by atoms with Crippen LogP contribution >= 0.6 is 11.3 Å². The van der Waals surface area contributed by atoms with Crippen molar-refractivity contribution >= 4 is 28.7 Å². The van der Waals surface area contributed by atoms with E-state index in [0.29, 0.717) is 6.42 Å². The van der Waals surface area contributed by atoms with Crippen molar-refractivity contribution in [3.63, 3.8) is 0 Å². The molecule has 2 aromatic heterocycles. The molecule has 0 saturated carbocycles. The van der Waals surface area contributed by atoms with Crippen LogP contribution in [-0.4, -0.2) is 29.2 Å². The molecule has 1 amide bonds. The Morgan fingerprint density at radius 2 is 1.86 bits per heavy atom. The van der Waals surface area contributed by atoms with Gasteiger partial charge in [-0.3, -0.25) is 4.79 Å². The van der Waals surface area contributed by atoms with Gasteiger partial charge in [0.15, 0.2) is 5.82 Å². The maximum atomic E-state index is 12.2. The van der Waals surface area contributed by atoms with E-state index >= 15 is 0 Å². The SMILES string of the molecule is O=C(Cc1cccs1)Nc1cccc(-c2ccc(N3CCCCCC3)nn2)c1. The summed E-state index contributed by atoms with van der Waals surface area (Å²) < 4.78 is 0. The molecular weight excluding hydrogens is 368 g/mol. The van der Waals surface area contributed by atoms with Crippen LogP contribution in [0.25, 0.3) is 11.3 Å². The number of carbonyl (C=O) groups is 1. The number of hydrogen-bond acceptors (Lipinski definition) is 5. The summed E-state index contributed by atoms with van der Waals surface area (Å²) in [6, 6.07) is 15.8. The number of benzene rings is 1. The summed E-state index contributed by atoms with van der Waals surface area (Å²) in [5.41, 5.74) is 2.54. The Morgan fingerprint density at radius 3 is 2.57 bits per heavy atom. The van der Waals surface area contributed by atoms with Crippen LogP contribution in [0.15, 0.2) is 53.9 Å². The third kappa shape index (κ3) is 4.75. The van der Waals surface area contributed by atoms with Gasteiger partial charge in [-0.25, -0.2) is 0 Å². The average molecular weight is 393 g/mol. The van der Waals surface area contributed by atoms with Crippen molar-refractivity contribution in [2.24, 2.45) is 0 Å². The number of anilines is 2. The number of nitrogens with zero attached hydrogens (tertiary/aromatic N) is 3. The highest BCUT2D eigenvalue weighted by Gasteiger charge is 2.12. The standard InChI is InChI=1S/C22H24N4OS/c27-22(16-19-9-6-14-28-19)23-18-8-5-7-17(15-18)20-10-11-21(25-24-20)26-12-3-1-2-4-13-26/h5-11,14-15H,1-4,12-13,16H2,(H,23,27). The molecule has 0 unspecified atom stereocenters. The van der Waals surface area contributed by atoms with E-state index in [0.717, 1.165) is 40.7 Å². The normalized spacial score (nSPS) is 14.5. The van der Waals surface area contributed by atoms with Crippen molar-refractivity contribution < 1.29 is 4.79 Å². The second-order valence-corrected chi connectivity index (χ2v) is 8.10. The Morgan fingerprint density at radius 1 is 1.00 bits per heavy atom. The number of thiophene rings is 1. The molecule has 0 radical (unpaired) electrons. The Balaban J connectivity index is 1.44. The highest BCUT2D eigenvalue weighted by molar-refractivity contribution is 7.10. The average Bonchev–Trinajstić information content (AvgIpc) is 3.07. The summed E-state index contributed by atoms with van der Waals surface area (Å²) in [6.45, 7) is 2.11. The van der Waals surface area contributed by atoms with E-state index < -0.39 is 0 Å². The van der Waals surface area contributed by atoms with Gasteiger partial charge in [-0.15, -0.1) is 21.5 Å². The predicted molar refractivity (Wildman–Crippen MR) is 115 cm³/mol. The summed E-state index contributed by atoms with van der Waals surface area (Å²) in [7, 11) is 0. The van der Waals surface area contributed by atoms with Crippen molar-refractivity contribution in [2.75, 3.05) is 23.3 Å². The van der Waals surface area contributed by atoms with Crippen LogP contribution in [0.4, 0.5) is 11.5 Å². The lowest BCUT2D eigenvalue weighted by Gasteiger charge is -2.20. The minimum absolute atomic E-state index is 0.0119. The summed E-state index contributed by atoms with van der Waals surface area (Å²) in [6.07, 6.45) is 5.43. The van der Waals surface area contributed by atoms with Crippen LogP contribution in [0.5, 0.6) is 0 Å². The second kappa shape index (κ2) is 8.97. The van der Waals surface area contributed by atoms with Crippen LogP contribution in [0.1, 0.15) is 30.6 Å². The molecule has 5 nitrogen and oxygen atoms in total. The number of carbonyl (C=O) groups excluding carboxylic acids is 1.